The number of rotatable bonds is 6. The highest BCUT2D eigenvalue weighted by atomic mass is 32.2. The van der Waals surface area contributed by atoms with E-state index in [1.54, 1.807) is 0 Å². The highest BCUT2D eigenvalue weighted by Crippen LogP contribution is 2.43. The first-order chi connectivity index (χ1) is 24.7. The molecule has 0 aliphatic heterocycles. The van der Waals surface area contributed by atoms with Crippen LogP contribution in [0, 0.1) is 0 Å². The number of aromatic amines is 1. The average molecular weight is 664 g/mol. The standard InChI is InChI=1S/C45H33N3OS/c46-40-23-22-33-38(45(40)50-27-28-8-2-1-3-9-28)19-15-29-14-16-30(24-39(29)33)48(31-17-20-35-34-10-4-6-12-41(34)47-42(35)25-31)32-18-21-37-36-11-5-7-13-43(36)49-44(37)26-32/h2,4-26,47H,1,3,27,46H2. The first-order valence-electron chi connectivity index (χ1n) is 17.1. The molecule has 240 valence electrons. The van der Waals surface area contributed by atoms with Crippen LogP contribution in [0.2, 0.25) is 0 Å². The van der Waals surface area contributed by atoms with Gasteiger partial charge < -0.3 is 20.0 Å². The molecule has 0 saturated carbocycles. The second kappa shape index (κ2) is 11.6. The van der Waals surface area contributed by atoms with Gasteiger partial charge in [-0.3, -0.25) is 0 Å². The van der Waals surface area contributed by atoms with Gasteiger partial charge in [0.05, 0.1) is 0 Å². The van der Waals surface area contributed by atoms with Crippen LogP contribution in [0.4, 0.5) is 22.7 Å². The SMILES string of the molecule is Nc1ccc2c(ccc3ccc(N(c4ccc5c(c4)[nH]c4ccccc45)c4ccc5c(c4)oc4ccccc45)cc32)c1SCC1=CCCC=C1. The molecular weight excluding hydrogens is 631 g/mol. The fourth-order valence-corrected chi connectivity index (χ4v) is 8.72. The first kappa shape index (κ1) is 29.0. The first-order valence-corrected chi connectivity index (χ1v) is 18.1. The molecule has 4 nitrogen and oxygen atoms in total. The van der Waals surface area contributed by atoms with Gasteiger partial charge in [-0.15, -0.1) is 11.8 Å². The Labute approximate surface area is 293 Å². The molecule has 0 unspecified atom stereocenters. The molecule has 0 saturated heterocycles. The number of furan rings is 1. The molecular formula is C45H33N3OS. The fourth-order valence-electron chi connectivity index (χ4n) is 7.63. The summed E-state index contributed by atoms with van der Waals surface area (Å²) in [5.74, 6) is 0.909. The zero-order valence-corrected chi connectivity index (χ0v) is 28.1. The topological polar surface area (TPSA) is 58.2 Å². The molecule has 0 spiro atoms. The van der Waals surface area contributed by atoms with Crippen molar-refractivity contribution in [2.24, 2.45) is 0 Å². The minimum atomic E-state index is 0.825. The van der Waals surface area contributed by atoms with Crippen LogP contribution in [0.5, 0.6) is 0 Å². The largest absolute Gasteiger partial charge is 0.456 e. The summed E-state index contributed by atoms with van der Waals surface area (Å²) >= 11 is 1.83. The second-order valence-electron chi connectivity index (χ2n) is 13.1. The molecule has 0 radical (unpaired) electrons. The summed E-state index contributed by atoms with van der Waals surface area (Å²) in [7, 11) is 0. The number of para-hydroxylation sites is 2. The van der Waals surface area contributed by atoms with Crippen LogP contribution >= 0.6 is 11.8 Å². The van der Waals surface area contributed by atoms with Crippen LogP contribution in [-0.2, 0) is 0 Å². The number of nitrogens with zero attached hydrogens (tertiary/aromatic N) is 1. The van der Waals surface area contributed by atoms with E-state index in [1.165, 1.54) is 37.9 Å². The predicted molar refractivity (Wildman–Crippen MR) is 214 cm³/mol. The van der Waals surface area contributed by atoms with E-state index in [1.807, 2.05) is 23.9 Å². The number of allylic oxidation sites excluding steroid dienone is 3. The molecule has 0 bridgehead atoms. The minimum Gasteiger partial charge on any atom is -0.456 e. The molecule has 9 aromatic rings. The van der Waals surface area contributed by atoms with Gasteiger partial charge in [0.25, 0.3) is 0 Å². The van der Waals surface area contributed by atoms with Gasteiger partial charge in [0.15, 0.2) is 0 Å². The van der Waals surface area contributed by atoms with Crippen LogP contribution in [0.1, 0.15) is 12.8 Å². The maximum atomic E-state index is 6.64. The van der Waals surface area contributed by atoms with Crippen molar-refractivity contribution in [3.63, 3.8) is 0 Å². The molecule has 2 heterocycles. The Balaban J connectivity index is 1.15. The Morgan fingerprint density at radius 1 is 0.600 bits per heavy atom. The minimum absolute atomic E-state index is 0.825. The summed E-state index contributed by atoms with van der Waals surface area (Å²) in [6.45, 7) is 0. The van der Waals surface area contributed by atoms with Gasteiger partial charge in [-0.1, -0.05) is 85.0 Å². The van der Waals surface area contributed by atoms with E-state index in [0.717, 1.165) is 79.2 Å². The van der Waals surface area contributed by atoms with Crippen molar-refractivity contribution in [3.8, 4) is 0 Å². The number of hydrogen-bond donors (Lipinski definition) is 2. The average Bonchev–Trinajstić information content (AvgIpc) is 3.72. The van der Waals surface area contributed by atoms with E-state index in [4.69, 9.17) is 10.2 Å². The van der Waals surface area contributed by atoms with Crippen molar-refractivity contribution in [2.75, 3.05) is 16.4 Å². The highest BCUT2D eigenvalue weighted by molar-refractivity contribution is 7.99. The summed E-state index contributed by atoms with van der Waals surface area (Å²) < 4.78 is 6.39. The van der Waals surface area contributed by atoms with Crippen molar-refractivity contribution in [2.45, 2.75) is 17.7 Å². The van der Waals surface area contributed by atoms with Crippen molar-refractivity contribution >= 4 is 99.8 Å². The lowest BCUT2D eigenvalue weighted by Crippen LogP contribution is -2.10. The molecule has 10 rings (SSSR count). The number of thioether (sulfide) groups is 1. The Hall–Kier alpha value is -5.91. The summed E-state index contributed by atoms with van der Waals surface area (Å²) in [6, 6.07) is 45.5. The number of benzene rings is 7. The number of nitrogens with two attached hydrogens (primary N) is 1. The van der Waals surface area contributed by atoms with Crippen molar-refractivity contribution in [1.82, 2.24) is 4.98 Å². The number of H-pyrrole nitrogens is 1. The van der Waals surface area contributed by atoms with E-state index in [-0.39, 0.29) is 0 Å². The van der Waals surface area contributed by atoms with Crippen LogP contribution in [0.15, 0.2) is 161 Å². The highest BCUT2D eigenvalue weighted by Gasteiger charge is 2.18. The van der Waals surface area contributed by atoms with E-state index >= 15 is 0 Å². The van der Waals surface area contributed by atoms with Gasteiger partial charge in [0.1, 0.15) is 11.2 Å². The van der Waals surface area contributed by atoms with Gasteiger partial charge in [-0.05, 0) is 94.6 Å². The molecule has 0 atom stereocenters. The van der Waals surface area contributed by atoms with Crippen molar-refractivity contribution < 1.29 is 4.42 Å². The van der Waals surface area contributed by atoms with Crippen LogP contribution in [0.25, 0.3) is 65.3 Å². The van der Waals surface area contributed by atoms with Crippen LogP contribution < -0.4 is 10.6 Å². The fraction of sp³-hybridized carbons (Fsp3) is 0.0667. The molecule has 0 amide bonds. The molecule has 1 aliphatic carbocycles. The van der Waals surface area contributed by atoms with Gasteiger partial charge in [-0.25, -0.2) is 0 Å². The summed E-state index contributed by atoms with van der Waals surface area (Å²) in [5.41, 5.74) is 16.0. The summed E-state index contributed by atoms with van der Waals surface area (Å²) in [5, 5.41) is 9.46. The number of aromatic nitrogens is 1. The number of fused-ring (bicyclic) bond motifs is 9. The third-order valence-corrected chi connectivity index (χ3v) is 11.3. The van der Waals surface area contributed by atoms with Crippen LogP contribution in [-0.4, -0.2) is 10.7 Å². The van der Waals surface area contributed by atoms with E-state index in [9.17, 15) is 0 Å². The lowest BCUT2D eigenvalue weighted by atomic mass is 10.00. The molecule has 3 N–H and O–H groups in total. The Kier molecular flexibility index (Phi) is 6.74. The molecule has 2 aromatic heterocycles. The number of nitrogen functional groups attached to an aromatic ring is 1. The van der Waals surface area contributed by atoms with Gasteiger partial charge >= 0.3 is 0 Å². The maximum Gasteiger partial charge on any atom is 0.137 e. The van der Waals surface area contributed by atoms with Crippen LogP contribution in [0.3, 0.4) is 0 Å². The molecule has 1 aliphatic rings. The predicted octanol–water partition coefficient (Wildman–Crippen LogP) is 12.9. The maximum absolute atomic E-state index is 6.64. The molecule has 50 heavy (non-hydrogen) atoms. The van der Waals surface area contributed by atoms with Crippen molar-refractivity contribution in [1.29, 1.82) is 0 Å². The number of hydrogen-bond acceptors (Lipinski definition) is 4. The van der Waals surface area contributed by atoms with Gasteiger partial charge in [0.2, 0.25) is 0 Å². The Bertz CT molecular complexity index is 2740. The second-order valence-corrected chi connectivity index (χ2v) is 14.1. The third-order valence-electron chi connectivity index (χ3n) is 10.1. The monoisotopic (exact) mass is 663 g/mol. The van der Waals surface area contributed by atoms with Crippen molar-refractivity contribution in [3.05, 3.63) is 151 Å². The number of nitrogens with one attached hydrogen (secondary N) is 1. The van der Waals surface area contributed by atoms with E-state index in [0.29, 0.717) is 0 Å². The normalized spacial score (nSPS) is 13.3. The van der Waals surface area contributed by atoms with Gasteiger partial charge in [-0.2, -0.15) is 0 Å². The van der Waals surface area contributed by atoms with E-state index in [2.05, 4.69) is 143 Å². The number of anilines is 4. The Morgan fingerprint density at radius 2 is 1.30 bits per heavy atom. The molecule has 0 fully saturated rings. The summed E-state index contributed by atoms with van der Waals surface area (Å²) in [6.07, 6.45) is 9.10. The lowest BCUT2D eigenvalue weighted by molar-refractivity contribution is 0.669. The summed E-state index contributed by atoms with van der Waals surface area (Å²) in [4.78, 5) is 7.14. The zero-order chi connectivity index (χ0) is 33.2. The van der Waals surface area contributed by atoms with E-state index < -0.39 is 0 Å². The Morgan fingerprint density at radius 3 is 2.20 bits per heavy atom. The lowest BCUT2D eigenvalue weighted by Gasteiger charge is -2.26. The van der Waals surface area contributed by atoms with Gasteiger partial charge in [0, 0.05) is 72.0 Å². The third kappa shape index (κ3) is 4.77. The quantitative estimate of drug-likeness (QED) is 0.106. The smallest absolute Gasteiger partial charge is 0.137 e. The molecule has 7 aromatic carbocycles. The zero-order valence-electron chi connectivity index (χ0n) is 27.3. The molecule has 5 heteroatoms.